The number of alkyl halides is 4. The highest BCUT2D eigenvalue weighted by molar-refractivity contribution is 8.00. The molecule has 1 fully saturated rings. The van der Waals surface area contributed by atoms with Crippen LogP contribution in [0.15, 0.2) is 73.3 Å². The third kappa shape index (κ3) is 8.85. The molecule has 2 atom stereocenters. The second-order valence-electron chi connectivity index (χ2n) is 9.74. The second-order valence-corrected chi connectivity index (χ2v) is 11.4. The van der Waals surface area contributed by atoms with Crippen molar-refractivity contribution in [3.63, 3.8) is 0 Å². The molecule has 14 heteroatoms. The maximum Gasteiger partial charge on any atom is 0.340 e. The van der Waals surface area contributed by atoms with E-state index in [1.54, 1.807) is 43.4 Å². The van der Waals surface area contributed by atoms with Gasteiger partial charge in [0.05, 0.1) is 25.0 Å². The minimum absolute atomic E-state index is 0.0402. The number of nitrogens with zero attached hydrogens (tertiary/aromatic N) is 3. The van der Waals surface area contributed by atoms with Crippen molar-refractivity contribution < 1.29 is 45.7 Å². The Hall–Kier alpha value is -3.33. The lowest BCUT2D eigenvalue weighted by molar-refractivity contribution is -0.148. The van der Waals surface area contributed by atoms with E-state index in [1.807, 2.05) is 0 Å². The summed E-state index contributed by atoms with van der Waals surface area (Å²) >= 11 is 1.34. The van der Waals surface area contributed by atoms with Gasteiger partial charge in [0.1, 0.15) is 35.6 Å². The first-order valence-corrected chi connectivity index (χ1v) is 14.0. The van der Waals surface area contributed by atoms with E-state index in [9.17, 15) is 31.4 Å². The van der Waals surface area contributed by atoms with Crippen LogP contribution in [0.2, 0.25) is 0 Å². The summed E-state index contributed by atoms with van der Waals surface area (Å²) in [7, 11) is 0. The Morgan fingerprint density at radius 1 is 1.12 bits per heavy atom. The van der Waals surface area contributed by atoms with Gasteiger partial charge in [-0.1, -0.05) is 43.4 Å². The average molecular weight is 630 g/mol. The zero-order valence-corrected chi connectivity index (χ0v) is 23.6. The molecule has 1 aliphatic rings. The third-order valence-corrected chi connectivity index (χ3v) is 7.98. The van der Waals surface area contributed by atoms with Crippen LogP contribution in [0.4, 0.5) is 26.3 Å². The van der Waals surface area contributed by atoms with Gasteiger partial charge in [0.2, 0.25) is 0 Å². The van der Waals surface area contributed by atoms with Crippen LogP contribution in [0, 0.1) is 11.6 Å². The molecule has 0 spiro atoms. The molecular weight excluding hydrogens is 600 g/mol. The molecule has 1 N–H and O–H groups in total. The van der Waals surface area contributed by atoms with Crippen LogP contribution in [-0.4, -0.2) is 68.8 Å². The second kappa shape index (κ2) is 14.4. The van der Waals surface area contributed by atoms with E-state index in [0.29, 0.717) is 5.56 Å². The van der Waals surface area contributed by atoms with Gasteiger partial charge in [0.15, 0.2) is 12.9 Å². The molecular formula is C29H29F6N3O4S. The Kier molecular flexibility index (Phi) is 10.9. The predicted octanol–water partition coefficient (Wildman–Crippen LogP) is 5.86. The van der Waals surface area contributed by atoms with E-state index in [-0.39, 0.29) is 36.3 Å². The molecule has 43 heavy (non-hydrogen) atoms. The minimum atomic E-state index is -4.23. The highest BCUT2D eigenvalue weighted by Crippen LogP contribution is 2.38. The first-order chi connectivity index (χ1) is 20.5. The molecule has 0 saturated carbocycles. The molecule has 0 radical (unpaired) electrons. The van der Waals surface area contributed by atoms with E-state index < -0.39 is 47.7 Å². The number of benzene rings is 2. The maximum absolute atomic E-state index is 14.8. The van der Waals surface area contributed by atoms with Crippen LogP contribution in [-0.2, 0) is 21.6 Å². The van der Waals surface area contributed by atoms with Crippen LogP contribution < -0.4 is 4.74 Å². The number of aromatic nitrogens is 3. The van der Waals surface area contributed by atoms with Crippen LogP contribution in [0.1, 0.15) is 18.1 Å². The molecule has 2 heterocycles. The van der Waals surface area contributed by atoms with Gasteiger partial charge < -0.3 is 19.3 Å². The van der Waals surface area contributed by atoms with Crippen molar-refractivity contribution in [3.05, 3.63) is 96.1 Å². The Balaban J connectivity index is 1.28. The Bertz CT molecular complexity index is 1370. The molecule has 232 valence electrons. The van der Waals surface area contributed by atoms with Crippen molar-refractivity contribution in [2.24, 2.45) is 0 Å². The molecule has 2 aromatic carbocycles. The fourth-order valence-corrected chi connectivity index (χ4v) is 5.48. The van der Waals surface area contributed by atoms with E-state index in [1.165, 1.54) is 47.3 Å². The minimum Gasteiger partial charge on any atom is -0.487 e. The molecule has 4 rings (SSSR count). The van der Waals surface area contributed by atoms with Crippen LogP contribution in [0.5, 0.6) is 5.75 Å². The van der Waals surface area contributed by atoms with Gasteiger partial charge in [-0.2, -0.15) is 13.9 Å². The van der Waals surface area contributed by atoms with E-state index in [0.717, 1.165) is 12.1 Å². The standard InChI is InChI=1S/C29H29F6N3O4S/c1-19(28(39,15-38-18-36-17-37-38)24-11-8-21(30)12-25(24)31)43-23-13-40-26(41-14-23)5-3-2-4-20-6-9-22(10-7-20)42-16-29(34,35)27(32)33/h2-12,17-19,23,26-27,39H,13-16H2,1H3/t19-,23?,26?,28-/m1/s1. The van der Waals surface area contributed by atoms with Crippen molar-refractivity contribution in [2.75, 3.05) is 19.8 Å². The number of allylic oxidation sites excluding steroid dienone is 2. The summed E-state index contributed by atoms with van der Waals surface area (Å²) in [6.07, 6.45) is 5.07. The summed E-state index contributed by atoms with van der Waals surface area (Å²) in [5, 5.41) is 14.9. The Morgan fingerprint density at radius 3 is 2.47 bits per heavy atom. The summed E-state index contributed by atoms with van der Waals surface area (Å²) in [6.45, 7) is 0.772. The molecule has 0 amide bonds. The summed E-state index contributed by atoms with van der Waals surface area (Å²) in [6, 6.07) is 9.00. The van der Waals surface area contributed by atoms with E-state index in [4.69, 9.17) is 14.2 Å². The fourth-order valence-electron chi connectivity index (χ4n) is 4.17. The molecule has 1 aliphatic heterocycles. The Morgan fingerprint density at radius 2 is 1.84 bits per heavy atom. The lowest BCUT2D eigenvalue weighted by atomic mass is 9.90. The van der Waals surface area contributed by atoms with Gasteiger partial charge in [-0.3, -0.25) is 0 Å². The summed E-state index contributed by atoms with van der Waals surface area (Å²) in [5.74, 6) is -5.81. The topological polar surface area (TPSA) is 78.6 Å². The van der Waals surface area contributed by atoms with Gasteiger partial charge in [0.25, 0.3) is 0 Å². The van der Waals surface area contributed by atoms with Crippen LogP contribution >= 0.6 is 11.8 Å². The monoisotopic (exact) mass is 629 g/mol. The third-order valence-electron chi connectivity index (χ3n) is 6.53. The highest BCUT2D eigenvalue weighted by atomic mass is 32.2. The van der Waals surface area contributed by atoms with Gasteiger partial charge in [0, 0.05) is 16.9 Å². The van der Waals surface area contributed by atoms with Gasteiger partial charge in [-0.15, -0.1) is 11.8 Å². The number of aliphatic hydroxyl groups is 1. The van der Waals surface area contributed by atoms with Crippen LogP contribution in [0.3, 0.4) is 0 Å². The normalized spacial score (nSPS) is 20.1. The average Bonchev–Trinajstić information content (AvgIpc) is 3.48. The van der Waals surface area contributed by atoms with E-state index in [2.05, 4.69) is 10.1 Å². The number of ether oxygens (including phenoxy) is 3. The number of thioether (sulfide) groups is 1. The van der Waals surface area contributed by atoms with Crippen molar-refractivity contribution in [1.82, 2.24) is 14.8 Å². The lowest BCUT2D eigenvalue weighted by Crippen LogP contribution is -2.43. The zero-order valence-electron chi connectivity index (χ0n) is 22.8. The van der Waals surface area contributed by atoms with Crippen molar-refractivity contribution in [3.8, 4) is 5.75 Å². The largest absolute Gasteiger partial charge is 0.487 e. The number of hydrogen-bond donors (Lipinski definition) is 1. The zero-order chi connectivity index (χ0) is 31.0. The number of halogens is 6. The lowest BCUT2D eigenvalue weighted by Gasteiger charge is -2.37. The smallest absolute Gasteiger partial charge is 0.340 e. The van der Waals surface area contributed by atoms with Crippen molar-refractivity contribution >= 4 is 17.8 Å². The molecule has 0 aliphatic carbocycles. The first-order valence-electron chi connectivity index (χ1n) is 13.1. The number of rotatable bonds is 13. The fraction of sp³-hybridized carbons (Fsp3) is 0.379. The van der Waals surface area contributed by atoms with Gasteiger partial charge in [-0.05, 0) is 29.8 Å². The SMILES string of the molecule is C[C@@H](SC1COC(C=CC=Cc2ccc(OCC(F)(F)C(F)F)cc2)OC1)[C@](O)(Cn1cncn1)c1ccc(F)cc1F. The maximum atomic E-state index is 14.8. The van der Waals surface area contributed by atoms with Crippen LogP contribution in [0.25, 0.3) is 6.08 Å². The Labute approximate surface area is 248 Å². The van der Waals surface area contributed by atoms with Gasteiger partial charge >= 0.3 is 12.3 Å². The molecule has 3 aromatic rings. The highest BCUT2D eigenvalue weighted by Gasteiger charge is 2.42. The molecule has 0 bridgehead atoms. The molecule has 0 unspecified atom stereocenters. The van der Waals surface area contributed by atoms with E-state index >= 15 is 0 Å². The summed E-state index contributed by atoms with van der Waals surface area (Å²) in [5.41, 5.74) is -1.10. The quantitative estimate of drug-likeness (QED) is 0.188. The van der Waals surface area contributed by atoms with Gasteiger partial charge in [-0.25, -0.2) is 27.2 Å². The van der Waals surface area contributed by atoms with Crippen molar-refractivity contribution in [2.45, 2.75) is 48.2 Å². The molecule has 1 saturated heterocycles. The van der Waals surface area contributed by atoms with Crippen molar-refractivity contribution in [1.29, 1.82) is 0 Å². The molecule has 7 nitrogen and oxygen atoms in total. The summed E-state index contributed by atoms with van der Waals surface area (Å²) in [4.78, 5) is 3.87. The summed E-state index contributed by atoms with van der Waals surface area (Å²) < 4.78 is 96.5. The first kappa shape index (κ1) is 32.6. The predicted molar refractivity (Wildman–Crippen MR) is 148 cm³/mol. The number of hydrogen-bond acceptors (Lipinski definition) is 7. The molecule has 1 aromatic heterocycles.